The molecular formula is C14H16FNO4. The van der Waals surface area contributed by atoms with E-state index in [0.717, 1.165) is 12.1 Å². The van der Waals surface area contributed by atoms with Crippen LogP contribution < -0.4 is 5.32 Å². The monoisotopic (exact) mass is 281 g/mol. The minimum atomic E-state index is -1.12. The predicted molar refractivity (Wildman–Crippen MR) is 71.9 cm³/mol. The van der Waals surface area contributed by atoms with E-state index in [9.17, 15) is 14.0 Å². The zero-order chi connectivity index (χ0) is 15.1. The van der Waals surface area contributed by atoms with E-state index in [4.69, 9.17) is 9.84 Å². The lowest BCUT2D eigenvalue weighted by Gasteiger charge is -2.13. The van der Waals surface area contributed by atoms with Gasteiger partial charge in [0.05, 0.1) is 12.2 Å². The van der Waals surface area contributed by atoms with Crippen molar-refractivity contribution in [3.05, 3.63) is 41.2 Å². The number of carboxylic acid groups (broad SMARTS) is 1. The zero-order valence-electron chi connectivity index (χ0n) is 11.2. The Labute approximate surface area is 116 Å². The Morgan fingerprint density at radius 3 is 2.75 bits per heavy atom. The van der Waals surface area contributed by atoms with Crippen molar-refractivity contribution >= 4 is 18.0 Å². The molecule has 1 amide bonds. The Morgan fingerprint density at radius 2 is 2.20 bits per heavy atom. The van der Waals surface area contributed by atoms with Crippen LogP contribution in [0.3, 0.4) is 0 Å². The molecule has 0 saturated heterocycles. The fourth-order valence-electron chi connectivity index (χ4n) is 1.58. The number of nitrogens with one attached hydrogen (secondary N) is 1. The van der Waals surface area contributed by atoms with E-state index in [-0.39, 0.29) is 11.6 Å². The molecule has 1 atom stereocenters. The maximum Gasteiger partial charge on any atom is 0.328 e. The summed E-state index contributed by atoms with van der Waals surface area (Å²) in [5, 5.41) is 11.1. The van der Waals surface area contributed by atoms with Crippen LogP contribution in [0.1, 0.15) is 22.8 Å². The van der Waals surface area contributed by atoms with Crippen molar-refractivity contribution in [3.63, 3.8) is 0 Å². The minimum Gasteiger partial charge on any atom is -0.478 e. The maximum absolute atomic E-state index is 13.8. The first-order valence-corrected chi connectivity index (χ1v) is 5.94. The average molecular weight is 281 g/mol. The molecule has 0 radical (unpaired) electrons. The van der Waals surface area contributed by atoms with Crippen molar-refractivity contribution in [1.82, 2.24) is 5.32 Å². The van der Waals surface area contributed by atoms with Crippen molar-refractivity contribution in [2.75, 3.05) is 13.7 Å². The Bertz CT molecular complexity index is 528. The van der Waals surface area contributed by atoms with E-state index in [2.05, 4.69) is 5.32 Å². The molecule has 0 saturated carbocycles. The van der Waals surface area contributed by atoms with Crippen LogP contribution in [-0.2, 0) is 9.53 Å². The van der Waals surface area contributed by atoms with Gasteiger partial charge in [0.15, 0.2) is 0 Å². The molecule has 0 heterocycles. The molecule has 0 bridgehead atoms. The molecule has 1 unspecified atom stereocenters. The van der Waals surface area contributed by atoms with Gasteiger partial charge in [-0.25, -0.2) is 9.18 Å². The summed E-state index contributed by atoms with van der Waals surface area (Å²) in [6.45, 7) is 2.07. The molecule has 1 aromatic rings. The molecule has 0 fully saturated rings. The highest BCUT2D eigenvalue weighted by Crippen LogP contribution is 2.12. The fourth-order valence-corrected chi connectivity index (χ4v) is 1.58. The molecule has 5 nitrogen and oxygen atoms in total. The largest absolute Gasteiger partial charge is 0.478 e. The van der Waals surface area contributed by atoms with Gasteiger partial charge in [-0.15, -0.1) is 0 Å². The van der Waals surface area contributed by atoms with Crippen LogP contribution >= 0.6 is 0 Å². The lowest BCUT2D eigenvalue weighted by molar-refractivity contribution is -0.131. The lowest BCUT2D eigenvalue weighted by Crippen LogP contribution is -2.36. The molecule has 1 aromatic carbocycles. The summed E-state index contributed by atoms with van der Waals surface area (Å²) in [5.41, 5.74) is 0.270. The van der Waals surface area contributed by atoms with Crippen molar-refractivity contribution < 1.29 is 23.8 Å². The van der Waals surface area contributed by atoms with E-state index < -0.39 is 17.7 Å². The first-order valence-electron chi connectivity index (χ1n) is 5.94. The van der Waals surface area contributed by atoms with Crippen molar-refractivity contribution in [2.24, 2.45) is 0 Å². The average Bonchev–Trinajstić information content (AvgIpc) is 2.36. The van der Waals surface area contributed by atoms with Gasteiger partial charge in [-0.3, -0.25) is 4.79 Å². The summed E-state index contributed by atoms with van der Waals surface area (Å²) < 4.78 is 18.7. The number of benzene rings is 1. The molecule has 6 heteroatoms. The molecule has 0 spiro atoms. The van der Waals surface area contributed by atoms with E-state index in [1.807, 2.05) is 0 Å². The Morgan fingerprint density at radius 1 is 1.50 bits per heavy atom. The Kier molecular flexibility index (Phi) is 5.86. The maximum atomic E-state index is 13.8. The summed E-state index contributed by atoms with van der Waals surface area (Å²) in [6, 6.07) is 3.65. The number of halogens is 1. The quantitative estimate of drug-likeness (QED) is 0.778. The molecule has 2 N–H and O–H groups in total. The number of carbonyl (C=O) groups excluding carboxylic acids is 1. The van der Waals surface area contributed by atoms with Crippen LogP contribution in [0.2, 0.25) is 0 Å². The SMILES string of the molecule is COCC(C)NC(=O)c1ccc(C=CC(=O)O)cc1F. The van der Waals surface area contributed by atoms with Crippen LogP contribution in [0.25, 0.3) is 6.08 Å². The Hall–Kier alpha value is -2.21. The number of methoxy groups -OCH3 is 1. The first kappa shape index (κ1) is 15.8. The smallest absolute Gasteiger partial charge is 0.328 e. The van der Waals surface area contributed by atoms with E-state index in [1.165, 1.54) is 25.3 Å². The highest BCUT2D eigenvalue weighted by atomic mass is 19.1. The van der Waals surface area contributed by atoms with Crippen LogP contribution in [0, 0.1) is 5.82 Å². The number of ether oxygens (including phenoxy) is 1. The van der Waals surface area contributed by atoms with Gasteiger partial charge in [0, 0.05) is 19.2 Å². The number of hydrogen-bond acceptors (Lipinski definition) is 3. The molecule has 0 aliphatic carbocycles. The number of rotatable bonds is 6. The topological polar surface area (TPSA) is 75.6 Å². The summed E-state index contributed by atoms with van der Waals surface area (Å²) in [6.07, 6.45) is 2.15. The zero-order valence-corrected chi connectivity index (χ0v) is 11.2. The first-order chi connectivity index (χ1) is 9.43. The third-order valence-corrected chi connectivity index (χ3v) is 2.45. The normalized spacial score (nSPS) is 12.3. The molecule has 0 aliphatic rings. The standard InChI is InChI=1S/C14H16FNO4/c1-9(8-20-2)16-14(19)11-5-3-10(7-12(11)15)4-6-13(17)18/h3-7,9H,8H2,1-2H3,(H,16,19)(H,17,18). The summed E-state index contributed by atoms with van der Waals surface area (Å²) >= 11 is 0. The fraction of sp³-hybridized carbons (Fsp3) is 0.286. The molecule has 108 valence electrons. The van der Waals surface area contributed by atoms with E-state index in [0.29, 0.717) is 12.2 Å². The summed E-state index contributed by atoms with van der Waals surface area (Å²) in [7, 11) is 1.51. The number of aliphatic carboxylic acids is 1. The number of hydrogen-bond donors (Lipinski definition) is 2. The van der Waals surface area contributed by atoms with Gasteiger partial charge in [0.25, 0.3) is 5.91 Å². The van der Waals surface area contributed by atoms with Crippen LogP contribution in [-0.4, -0.2) is 36.7 Å². The van der Waals surface area contributed by atoms with E-state index >= 15 is 0 Å². The highest BCUT2D eigenvalue weighted by Gasteiger charge is 2.14. The molecule has 1 rings (SSSR count). The molecule has 0 aromatic heterocycles. The number of carboxylic acids is 1. The second kappa shape index (κ2) is 7.40. The molecule has 0 aliphatic heterocycles. The van der Waals surface area contributed by atoms with Gasteiger partial charge in [-0.1, -0.05) is 6.07 Å². The van der Waals surface area contributed by atoms with Crippen LogP contribution in [0.5, 0.6) is 0 Å². The summed E-state index contributed by atoms with van der Waals surface area (Å²) in [5.74, 6) is -2.37. The molecule has 20 heavy (non-hydrogen) atoms. The Balaban J connectivity index is 2.82. The minimum absolute atomic E-state index is 0.0968. The summed E-state index contributed by atoms with van der Waals surface area (Å²) in [4.78, 5) is 22.2. The van der Waals surface area contributed by atoms with Gasteiger partial charge in [-0.05, 0) is 30.7 Å². The van der Waals surface area contributed by atoms with Crippen LogP contribution in [0.15, 0.2) is 24.3 Å². The van der Waals surface area contributed by atoms with Gasteiger partial charge in [0.2, 0.25) is 0 Å². The molecular weight excluding hydrogens is 265 g/mol. The van der Waals surface area contributed by atoms with Crippen LogP contribution in [0.4, 0.5) is 4.39 Å². The number of carbonyl (C=O) groups is 2. The van der Waals surface area contributed by atoms with E-state index in [1.54, 1.807) is 6.92 Å². The predicted octanol–water partition coefficient (Wildman–Crippen LogP) is 1.69. The van der Waals surface area contributed by atoms with Crippen molar-refractivity contribution in [3.8, 4) is 0 Å². The van der Waals surface area contributed by atoms with Gasteiger partial charge < -0.3 is 15.2 Å². The third-order valence-electron chi connectivity index (χ3n) is 2.45. The van der Waals surface area contributed by atoms with Gasteiger partial charge in [-0.2, -0.15) is 0 Å². The second-order valence-electron chi connectivity index (χ2n) is 4.24. The van der Waals surface area contributed by atoms with Gasteiger partial charge >= 0.3 is 5.97 Å². The second-order valence-corrected chi connectivity index (χ2v) is 4.24. The third kappa shape index (κ3) is 4.81. The van der Waals surface area contributed by atoms with Gasteiger partial charge in [0.1, 0.15) is 5.82 Å². The lowest BCUT2D eigenvalue weighted by atomic mass is 10.1. The highest BCUT2D eigenvalue weighted by molar-refractivity contribution is 5.95. The number of amides is 1. The van der Waals surface area contributed by atoms with Crippen molar-refractivity contribution in [2.45, 2.75) is 13.0 Å². The van der Waals surface area contributed by atoms with Crippen molar-refractivity contribution in [1.29, 1.82) is 0 Å².